The van der Waals surface area contributed by atoms with Crippen molar-refractivity contribution in [1.29, 1.82) is 5.26 Å². The molecule has 0 aliphatic carbocycles. The van der Waals surface area contributed by atoms with Crippen LogP contribution in [-0.2, 0) is 6.42 Å². The summed E-state index contributed by atoms with van der Waals surface area (Å²) in [6.07, 6.45) is 0.722. The second-order valence-electron chi connectivity index (χ2n) is 2.24. The Morgan fingerprint density at radius 3 is 2.83 bits per heavy atom. The number of H-pyrrole nitrogens is 1. The van der Waals surface area contributed by atoms with Crippen molar-refractivity contribution in [2.24, 2.45) is 0 Å². The number of aryl methyl sites for hydroxylation is 1. The molecule has 0 aliphatic heterocycles. The van der Waals surface area contributed by atoms with E-state index in [0.717, 1.165) is 6.42 Å². The Morgan fingerprint density at radius 1 is 1.75 bits per heavy atom. The summed E-state index contributed by atoms with van der Waals surface area (Å²) in [4.78, 5) is 6.77. The SMILES string of the molecule is CCc1nc(=S)c(C#N)c(N)[nH]1. The Kier molecular flexibility index (Phi) is 2.41. The summed E-state index contributed by atoms with van der Waals surface area (Å²) < 4.78 is 0.269. The first-order chi connectivity index (χ1) is 5.69. The zero-order valence-electron chi connectivity index (χ0n) is 6.59. The second kappa shape index (κ2) is 3.32. The number of nitrogens with one attached hydrogen (secondary N) is 1. The zero-order valence-corrected chi connectivity index (χ0v) is 7.40. The van der Waals surface area contributed by atoms with E-state index in [1.54, 1.807) is 0 Å². The van der Waals surface area contributed by atoms with Gasteiger partial charge in [-0.3, -0.25) is 0 Å². The van der Waals surface area contributed by atoms with Gasteiger partial charge in [0, 0.05) is 6.42 Å². The molecule has 3 N–H and O–H groups in total. The molecule has 1 heterocycles. The highest BCUT2D eigenvalue weighted by molar-refractivity contribution is 7.71. The Labute approximate surface area is 75.1 Å². The lowest BCUT2D eigenvalue weighted by Gasteiger charge is -2.00. The molecule has 0 spiro atoms. The average molecular weight is 180 g/mol. The van der Waals surface area contributed by atoms with Crippen LogP contribution in [-0.4, -0.2) is 9.97 Å². The van der Waals surface area contributed by atoms with Gasteiger partial charge in [-0.2, -0.15) is 5.26 Å². The van der Waals surface area contributed by atoms with Crippen LogP contribution in [0.25, 0.3) is 0 Å². The van der Waals surface area contributed by atoms with Crippen LogP contribution in [0.2, 0.25) is 0 Å². The predicted octanol–water partition coefficient (Wildman–Crippen LogP) is 1.16. The van der Waals surface area contributed by atoms with Gasteiger partial charge in [-0.05, 0) is 0 Å². The van der Waals surface area contributed by atoms with Crippen LogP contribution in [0.1, 0.15) is 18.3 Å². The molecule has 0 atom stereocenters. The minimum absolute atomic E-state index is 0.252. The molecule has 0 bridgehead atoms. The molecule has 4 nitrogen and oxygen atoms in total. The van der Waals surface area contributed by atoms with Gasteiger partial charge >= 0.3 is 0 Å². The van der Waals surface area contributed by atoms with Crippen LogP contribution in [0, 0.1) is 16.0 Å². The highest BCUT2D eigenvalue weighted by Gasteiger charge is 2.02. The van der Waals surface area contributed by atoms with Gasteiger partial charge in [0.25, 0.3) is 0 Å². The van der Waals surface area contributed by atoms with E-state index in [0.29, 0.717) is 11.6 Å². The molecular weight excluding hydrogens is 172 g/mol. The fraction of sp³-hybridized carbons (Fsp3) is 0.286. The van der Waals surface area contributed by atoms with Gasteiger partial charge in [-0.1, -0.05) is 19.1 Å². The van der Waals surface area contributed by atoms with Gasteiger partial charge in [0.05, 0.1) is 0 Å². The summed E-state index contributed by atoms with van der Waals surface area (Å²) >= 11 is 4.86. The van der Waals surface area contributed by atoms with E-state index in [2.05, 4.69) is 9.97 Å². The number of hydrogen-bond donors (Lipinski definition) is 2. The van der Waals surface area contributed by atoms with Crippen molar-refractivity contribution in [3.63, 3.8) is 0 Å². The third-order valence-electron chi connectivity index (χ3n) is 1.45. The van der Waals surface area contributed by atoms with Crippen LogP contribution >= 0.6 is 12.2 Å². The number of nitriles is 1. The lowest BCUT2D eigenvalue weighted by molar-refractivity contribution is 0.934. The summed E-state index contributed by atoms with van der Waals surface area (Å²) in [6.45, 7) is 1.93. The number of anilines is 1. The van der Waals surface area contributed by atoms with Gasteiger partial charge in [0.2, 0.25) is 0 Å². The fourth-order valence-corrected chi connectivity index (χ4v) is 1.08. The van der Waals surface area contributed by atoms with Crippen molar-refractivity contribution < 1.29 is 0 Å². The highest BCUT2D eigenvalue weighted by Crippen LogP contribution is 2.07. The molecule has 0 amide bonds. The van der Waals surface area contributed by atoms with E-state index >= 15 is 0 Å². The maximum atomic E-state index is 8.61. The summed E-state index contributed by atoms with van der Waals surface area (Å²) in [5, 5.41) is 8.61. The molecule has 1 aromatic rings. The van der Waals surface area contributed by atoms with Gasteiger partial charge < -0.3 is 10.7 Å². The van der Waals surface area contributed by atoms with Crippen LogP contribution < -0.4 is 5.73 Å². The number of aromatic amines is 1. The molecule has 0 fully saturated rings. The van der Waals surface area contributed by atoms with Gasteiger partial charge in [-0.15, -0.1) is 0 Å². The van der Waals surface area contributed by atoms with E-state index < -0.39 is 0 Å². The maximum absolute atomic E-state index is 8.61. The predicted molar refractivity (Wildman–Crippen MR) is 47.9 cm³/mol. The number of nitrogens with zero attached hydrogens (tertiary/aromatic N) is 2. The minimum atomic E-state index is 0.252. The van der Waals surface area contributed by atoms with Crippen molar-refractivity contribution in [3.8, 4) is 6.07 Å². The Balaban J connectivity index is 3.41. The van der Waals surface area contributed by atoms with Crippen molar-refractivity contribution in [2.75, 3.05) is 5.73 Å². The summed E-state index contributed by atoms with van der Waals surface area (Å²) in [6, 6.07) is 1.89. The zero-order chi connectivity index (χ0) is 9.14. The molecular formula is C7H8N4S. The van der Waals surface area contributed by atoms with Crippen LogP contribution in [0.3, 0.4) is 0 Å². The standard InChI is InChI=1S/C7H8N4S/c1-2-5-10-6(9)4(3-8)7(12)11-5/h2H2,1H3,(H3,9,10,11,12). The molecule has 0 aliphatic rings. The number of rotatable bonds is 1. The highest BCUT2D eigenvalue weighted by atomic mass is 32.1. The van der Waals surface area contributed by atoms with Crippen molar-refractivity contribution in [2.45, 2.75) is 13.3 Å². The van der Waals surface area contributed by atoms with Crippen molar-refractivity contribution >= 4 is 18.0 Å². The first kappa shape index (κ1) is 8.68. The van der Waals surface area contributed by atoms with E-state index in [9.17, 15) is 0 Å². The molecule has 0 radical (unpaired) electrons. The maximum Gasteiger partial charge on any atom is 0.149 e. The molecule has 0 saturated heterocycles. The number of nitrogens with two attached hydrogens (primary N) is 1. The minimum Gasteiger partial charge on any atom is -0.384 e. The van der Waals surface area contributed by atoms with Crippen LogP contribution in [0.15, 0.2) is 0 Å². The normalized spacial score (nSPS) is 9.33. The van der Waals surface area contributed by atoms with Gasteiger partial charge in [0.15, 0.2) is 0 Å². The molecule has 1 aromatic heterocycles. The van der Waals surface area contributed by atoms with E-state index in [1.807, 2.05) is 13.0 Å². The smallest absolute Gasteiger partial charge is 0.149 e. The number of nitrogen functional groups attached to an aromatic ring is 1. The van der Waals surface area contributed by atoms with Crippen LogP contribution in [0.4, 0.5) is 5.82 Å². The molecule has 1 rings (SSSR count). The Bertz CT molecular complexity index is 387. The molecule has 0 unspecified atom stereocenters. The Hall–Kier alpha value is -1.41. The van der Waals surface area contributed by atoms with E-state index in [4.69, 9.17) is 23.2 Å². The van der Waals surface area contributed by atoms with E-state index in [-0.39, 0.29) is 10.2 Å². The molecule has 0 saturated carbocycles. The van der Waals surface area contributed by atoms with Gasteiger partial charge in [0.1, 0.15) is 27.9 Å². The fourth-order valence-electron chi connectivity index (χ4n) is 0.815. The molecule has 12 heavy (non-hydrogen) atoms. The monoisotopic (exact) mass is 180 g/mol. The first-order valence-corrected chi connectivity index (χ1v) is 3.88. The quantitative estimate of drug-likeness (QED) is 0.635. The lowest BCUT2D eigenvalue weighted by atomic mass is 10.3. The van der Waals surface area contributed by atoms with E-state index in [1.165, 1.54) is 0 Å². The van der Waals surface area contributed by atoms with Crippen molar-refractivity contribution in [1.82, 2.24) is 9.97 Å². The average Bonchev–Trinajstić information content (AvgIpc) is 2.03. The lowest BCUT2D eigenvalue weighted by Crippen LogP contribution is -2.02. The van der Waals surface area contributed by atoms with Crippen molar-refractivity contribution in [3.05, 3.63) is 16.0 Å². The van der Waals surface area contributed by atoms with Gasteiger partial charge in [-0.25, -0.2) is 4.98 Å². The Morgan fingerprint density at radius 2 is 2.42 bits per heavy atom. The second-order valence-corrected chi connectivity index (χ2v) is 2.63. The topological polar surface area (TPSA) is 78.5 Å². The summed E-state index contributed by atoms with van der Waals surface area (Å²) in [7, 11) is 0. The first-order valence-electron chi connectivity index (χ1n) is 3.47. The molecule has 0 aromatic carbocycles. The summed E-state index contributed by atoms with van der Waals surface area (Å²) in [5.41, 5.74) is 5.78. The van der Waals surface area contributed by atoms with Crippen LogP contribution in [0.5, 0.6) is 0 Å². The molecule has 5 heteroatoms. The third-order valence-corrected chi connectivity index (χ3v) is 1.74. The largest absolute Gasteiger partial charge is 0.384 e. The summed E-state index contributed by atoms with van der Waals surface area (Å²) in [5.74, 6) is 1.01. The number of hydrogen-bond acceptors (Lipinski definition) is 4. The number of aromatic nitrogens is 2. The molecule has 62 valence electrons. The third kappa shape index (κ3) is 1.43.